The minimum absolute atomic E-state index is 0.102. The van der Waals surface area contributed by atoms with E-state index in [0.717, 1.165) is 8.66 Å². The Bertz CT molecular complexity index is 630. The SMILES string of the molecule is N/C(=N/O)c1cccc(CNCc2ccc(Br)s2)c1F. The maximum Gasteiger partial charge on any atom is 0.173 e. The number of benzene rings is 1. The van der Waals surface area contributed by atoms with Gasteiger partial charge in [0.2, 0.25) is 0 Å². The van der Waals surface area contributed by atoms with Gasteiger partial charge in [-0.05, 0) is 34.1 Å². The standard InChI is InChI=1S/C13H13BrFN3OS/c14-11-5-4-9(20-11)7-17-6-8-2-1-3-10(12(8)15)13(16)18-19/h1-5,17,19H,6-7H2,(H2,16,18). The van der Waals surface area contributed by atoms with E-state index in [4.69, 9.17) is 10.9 Å². The zero-order valence-electron chi connectivity index (χ0n) is 10.4. The van der Waals surface area contributed by atoms with Crippen LogP contribution in [0.15, 0.2) is 39.3 Å². The van der Waals surface area contributed by atoms with Gasteiger partial charge >= 0.3 is 0 Å². The Balaban J connectivity index is 2.03. The van der Waals surface area contributed by atoms with Crippen LogP contribution >= 0.6 is 27.3 Å². The maximum absolute atomic E-state index is 14.1. The van der Waals surface area contributed by atoms with Crippen LogP contribution in [0.3, 0.4) is 0 Å². The summed E-state index contributed by atoms with van der Waals surface area (Å²) in [7, 11) is 0. The fourth-order valence-corrected chi connectivity index (χ4v) is 3.19. The lowest BCUT2D eigenvalue weighted by Crippen LogP contribution is -2.18. The highest BCUT2D eigenvalue weighted by molar-refractivity contribution is 9.11. The van der Waals surface area contributed by atoms with Crippen molar-refractivity contribution in [1.29, 1.82) is 0 Å². The summed E-state index contributed by atoms with van der Waals surface area (Å²) in [6, 6.07) is 8.80. The molecule has 0 saturated carbocycles. The zero-order valence-corrected chi connectivity index (χ0v) is 12.8. The molecule has 1 heterocycles. The largest absolute Gasteiger partial charge is 0.409 e. The van der Waals surface area contributed by atoms with Crippen molar-refractivity contribution < 1.29 is 9.60 Å². The highest BCUT2D eigenvalue weighted by atomic mass is 79.9. The van der Waals surface area contributed by atoms with Crippen molar-refractivity contribution in [2.24, 2.45) is 10.9 Å². The molecule has 4 nitrogen and oxygen atoms in total. The van der Waals surface area contributed by atoms with E-state index in [2.05, 4.69) is 26.4 Å². The Labute approximate surface area is 128 Å². The monoisotopic (exact) mass is 357 g/mol. The molecule has 0 aliphatic carbocycles. The maximum atomic E-state index is 14.1. The van der Waals surface area contributed by atoms with Crippen LogP contribution in [0.4, 0.5) is 4.39 Å². The molecule has 0 spiro atoms. The lowest BCUT2D eigenvalue weighted by molar-refractivity contribution is 0.318. The molecule has 0 saturated heterocycles. The second-order valence-electron chi connectivity index (χ2n) is 4.07. The van der Waals surface area contributed by atoms with E-state index < -0.39 is 5.82 Å². The van der Waals surface area contributed by atoms with Crippen molar-refractivity contribution in [3.8, 4) is 0 Å². The van der Waals surface area contributed by atoms with E-state index in [9.17, 15) is 4.39 Å². The van der Waals surface area contributed by atoms with Crippen LogP contribution in [0.5, 0.6) is 0 Å². The van der Waals surface area contributed by atoms with Gasteiger partial charge in [0.1, 0.15) is 5.82 Å². The third kappa shape index (κ3) is 3.56. The highest BCUT2D eigenvalue weighted by Gasteiger charge is 2.11. The normalized spacial score (nSPS) is 11.8. The molecule has 0 atom stereocenters. The quantitative estimate of drug-likeness (QED) is 0.333. The first-order chi connectivity index (χ1) is 9.61. The van der Waals surface area contributed by atoms with Gasteiger partial charge < -0.3 is 16.3 Å². The van der Waals surface area contributed by atoms with Gasteiger partial charge in [0, 0.05) is 23.5 Å². The van der Waals surface area contributed by atoms with Crippen LogP contribution in [0.25, 0.3) is 0 Å². The summed E-state index contributed by atoms with van der Waals surface area (Å²) in [5, 5.41) is 14.6. The molecule has 1 aromatic carbocycles. The Hall–Kier alpha value is -1.44. The van der Waals surface area contributed by atoms with Crippen LogP contribution in [-0.4, -0.2) is 11.0 Å². The van der Waals surface area contributed by atoms with Crippen LogP contribution < -0.4 is 11.1 Å². The molecule has 2 rings (SSSR count). The third-order valence-electron chi connectivity index (χ3n) is 2.71. The summed E-state index contributed by atoms with van der Waals surface area (Å²) in [6.07, 6.45) is 0. The van der Waals surface area contributed by atoms with Gasteiger partial charge in [-0.3, -0.25) is 0 Å². The summed E-state index contributed by atoms with van der Waals surface area (Å²) in [4.78, 5) is 1.16. The molecular weight excluding hydrogens is 345 g/mol. The van der Waals surface area contributed by atoms with Crippen LogP contribution in [-0.2, 0) is 13.1 Å². The number of rotatable bonds is 5. The van der Waals surface area contributed by atoms with Crippen molar-refractivity contribution in [3.63, 3.8) is 0 Å². The molecule has 106 valence electrons. The van der Waals surface area contributed by atoms with Gasteiger partial charge in [0.15, 0.2) is 5.84 Å². The molecule has 0 bridgehead atoms. The van der Waals surface area contributed by atoms with Crippen molar-refractivity contribution in [2.75, 3.05) is 0 Å². The molecule has 0 aliphatic heterocycles. The molecule has 0 unspecified atom stereocenters. The fourth-order valence-electron chi connectivity index (χ4n) is 1.74. The Morgan fingerprint density at radius 1 is 1.35 bits per heavy atom. The second kappa shape index (κ2) is 6.83. The number of thiophene rings is 1. The molecule has 1 aromatic heterocycles. The van der Waals surface area contributed by atoms with Crippen LogP contribution in [0.1, 0.15) is 16.0 Å². The first-order valence-electron chi connectivity index (χ1n) is 5.82. The minimum Gasteiger partial charge on any atom is -0.409 e. The Morgan fingerprint density at radius 3 is 2.80 bits per heavy atom. The number of nitrogens with two attached hydrogens (primary N) is 1. The predicted molar refractivity (Wildman–Crippen MR) is 81.5 cm³/mol. The van der Waals surface area contributed by atoms with Crippen molar-refractivity contribution >= 4 is 33.1 Å². The van der Waals surface area contributed by atoms with E-state index in [1.807, 2.05) is 12.1 Å². The fraction of sp³-hybridized carbons (Fsp3) is 0.154. The number of amidine groups is 1. The number of nitrogens with zero attached hydrogens (tertiary/aromatic N) is 1. The number of nitrogens with one attached hydrogen (secondary N) is 1. The van der Waals surface area contributed by atoms with Crippen LogP contribution in [0.2, 0.25) is 0 Å². The summed E-state index contributed by atoms with van der Waals surface area (Å²) in [5.41, 5.74) is 6.00. The number of halogens is 2. The van der Waals surface area contributed by atoms with Crippen molar-refractivity contribution in [2.45, 2.75) is 13.1 Å². The van der Waals surface area contributed by atoms with Crippen molar-refractivity contribution in [1.82, 2.24) is 5.32 Å². The van der Waals surface area contributed by atoms with Crippen molar-refractivity contribution in [3.05, 3.63) is 55.9 Å². The molecule has 0 fully saturated rings. The summed E-state index contributed by atoms with van der Waals surface area (Å²) < 4.78 is 15.2. The molecule has 20 heavy (non-hydrogen) atoms. The molecular formula is C13H13BrFN3OS. The van der Waals surface area contributed by atoms with E-state index in [1.54, 1.807) is 23.5 Å². The topological polar surface area (TPSA) is 70.6 Å². The molecule has 2 aromatic rings. The lowest BCUT2D eigenvalue weighted by atomic mass is 10.1. The molecule has 0 aliphatic rings. The molecule has 0 radical (unpaired) electrons. The predicted octanol–water partition coefficient (Wildman–Crippen LogP) is 3.03. The summed E-state index contributed by atoms with van der Waals surface area (Å²) in [5.74, 6) is -0.700. The number of hydrogen-bond donors (Lipinski definition) is 3. The average Bonchev–Trinajstić information content (AvgIpc) is 2.85. The molecule has 7 heteroatoms. The van der Waals surface area contributed by atoms with Gasteiger partial charge in [-0.15, -0.1) is 11.3 Å². The molecule has 4 N–H and O–H groups in total. The zero-order chi connectivity index (χ0) is 14.5. The number of oxime groups is 1. The summed E-state index contributed by atoms with van der Waals surface area (Å²) in [6.45, 7) is 1.03. The van der Waals surface area contributed by atoms with Gasteiger partial charge in [-0.25, -0.2) is 4.39 Å². The van der Waals surface area contributed by atoms with Crippen LogP contribution in [0, 0.1) is 5.82 Å². The smallest absolute Gasteiger partial charge is 0.173 e. The molecule has 0 amide bonds. The summed E-state index contributed by atoms with van der Waals surface area (Å²) >= 11 is 5.02. The Kier molecular flexibility index (Phi) is 5.11. The van der Waals surface area contributed by atoms with Gasteiger partial charge in [0.25, 0.3) is 0 Å². The van der Waals surface area contributed by atoms with Gasteiger partial charge in [0.05, 0.1) is 9.35 Å². The van der Waals surface area contributed by atoms with E-state index >= 15 is 0 Å². The number of hydrogen-bond acceptors (Lipinski definition) is 4. The third-order valence-corrected chi connectivity index (χ3v) is 4.33. The first kappa shape index (κ1) is 15.0. The first-order valence-corrected chi connectivity index (χ1v) is 7.43. The lowest BCUT2D eigenvalue weighted by Gasteiger charge is -2.08. The van der Waals surface area contributed by atoms with Gasteiger partial charge in [-0.2, -0.15) is 0 Å². The van der Waals surface area contributed by atoms with E-state index in [-0.39, 0.29) is 11.4 Å². The average molecular weight is 358 g/mol. The van der Waals surface area contributed by atoms with Gasteiger partial charge in [-0.1, -0.05) is 17.3 Å². The second-order valence-corrected chi connectivity index (χ2v) is 6.62. The minimum atomic E-state index is -0.470. The van der Waals surface area contributed by atoms with E-state index in [1.165, 1.54) is 6.07 Å². The highest BCUT2D eigenvalue weighted by Crippen LogP contribution is 2.22. The van der Waals surface area contributed by atoms with E-state index in [0.29, 0.717) is 18.7 Å². The Morgan fingerprint density at radius 2 is 2.15 bits per heavy atom.